The molecular weight excluding hydrogens is 417 g/mol. The molecule has 8 nitrogen and oxygen atoms in total. The second-order valence-electron chi connectivity index (χ2n) is 7.74. The van der Waals surface area contributed by atoms with E-state index in [1.807, 2.05) is 0 Å². The smallest absolute Gasteiger partial charge is 0.313 e. The fourth-order valence-electron chi connectivity index (χ4n) is 3.77. The summed E-state index contributed by atoms with van der Waals surface area (Å²) >= 11 is 0. The third-order valence-electron chi connectivity index (χ3n) is 5.56. The van der Waals surface area contributed by atoms with Gasteiger partial charge in [0.2, 0.25) is 0 Å². The molecule has 2 aromatic carbocycles. The Morgan fingerprint density at radius 3 is 2.44 bits per heavy atom. The van der Waals surface area contributed by atoms with Crippen molar-refractivity contribution in [2.24, 2.45) is 5.92 Å². The van der Waals surface area contributed by atoms with Crippen molar-refractivity contribution < 1.29 is 28.2 Å². The minimum absolute atomic E-state index is 0.0649. The Morgan fingerprint density at radius 2 is 1.69 bits per heavy atom. The summed E-state index contributed by atoms with van der Waals surface area (Å²) in [6.07, 6.45) is 1.31. The van der Waals surface area contributed by atoms with Crippen LogP contribution < -0.4 is 20.1 Å². The van der Waals surface area contributed by atoms with Crippen molar-refractivity contribution in [1.29, 1.82) is 0 Å². The number of halogens is 1. The van der Waals surface area contributed by atoms with Gasteiger partial charge in [-0.1, -0.05) is 12.1 Å². The number of piperidine rings is 1. The van der Waals surface area contributed by atoms with E-state index in [9.17, 15) is 18.8 Å². The Hall–Kier alpha value is -3.62. The van der Waals surface area contributed by atoms with E-state index < -0.39 is 17.6 Å². The van der Waals surface area contributed by atoms with Gasteiger partial charge in [0, 0.05) is 31.4 Å². The highest BCUT2D eigenvalue weighted by molar-refractivity contribution is 6.39. The number of carbonyl (C=O) groups excluding carboxylic acids is 3. The lowest BCUT2D eigenvalue weighted by atomic mass is 9.96. The number of nitrogens with one attached hydrogen (secondary N) is 2. The van der Waals surface area contributed by atoms with E-state index in [1.54, 1.807) is 35.2 Å². The van der Waals surface area contributed by atoms with Crippen molar-refractivity contribution in [3.8, 4) is 11.5 Å². The molecule has 1 fully saturated rings. The average molecular weight is 441 g/mol. The highest BCUT2D eigenvalue weighted by Crippen LogP contribution is 2.32. The van der Waals surface area contributed by atoms with Crippen LogP contribution in [0.25, 0.3) is 0 Å². The Morgan fingerprint density at radius 1 is 0.969 bits per heavy atom. The van der Waals surface area contributed by atoms with Gasteiger partial charge in [0.1, 0.15) is 19.0 Å². The normalized spacial score (nSPS) is 15.7. The molecule has 2 N–H and O–H groups in total. The van der Waals surface area contributed by atoms with E-state index in [-0.39, 0.29) is 17.4 Å². The van der Waals surface area contributed by atoms with Gasteiger partial charge in [0.05, 0.1) is 5.56 Å². The van der Waals surface area contributed by atoms with Crippen LogP contribution in [0.1, 0.15) is 23.2 Å². The molecule has 168 valence electrons. The van der Waals surface area contributed by atoms with Crippen LogP contribution in [-0.4, -0.2) is 55.5 Å². The summed E-state index contributed by atoms with van der Waals surface area (Å²) in [4.78, 5) is 38.5. The SMILES string of the molecule is O=C(NCC1CCN(C(=O)c2ccccc2F)CC1)C(=O)Nc1ccc2c(c1)OCCO2. The minimum atomic E-state index is -0.770. The van der Waals surface area contributed by atoms with Gasteiger partial charge in [-0.15, -0.1) is 0 Å². The fourth-order valence-corrected chi connectivity index (χ4v) is 3.77. The molecule has 0 unspecified atom stereocenters. The number of amides is 3. The number of hydrogen-bond acceptors (Lipinski definition) is 5. The Labute approximate surface area is 184 Å². The lowest BCUT2D eigenvalue weighted by Crippen LogP contribution is -2.43. The Kier molecular flexibility index (Phi) is 6.53. The predicted octanol–water partition coefficient (Wildman–Crippen LogP) is 2.20. The zero-order chi connectivity index (χ0) is 22.5. The number of rotatable bonds is 4. The fraction of sp³-hybridized carbons (Fsp3) is 0.348. The molecule has 0 atom stereocenters. The summed E-state index contributed by atoms with van der Waals surface area (Å²) in [5.74, 6) is -1.12. The molecule has 2 aliphatic rings. The summed E-state index contributed by atoms with van der Waals surface area (Å²) < 4.78 is 24.7. The molecule has 0 saturated carbocycles. The highest BCUT2D eigenvalue weighted by atomic mass is 19.1. The molecule has 2 aliphatic heterocycles. The molecule has 32 heavy (non-hydrogen) atoms. The first-order valence-corrected chi connectivity index (χ1v) is 10.5. The molecular formula is C23H24FN3O5. The molecule has 2 aromatic rings. The number of ether oxygens (including phenoxy) is 2. The van der Waals surface area contributed by atoms with Gasteiger partial charge in [-0.3, -0.25) is 14.4 Å². The summed E-state index contributed by atoms with van der Waals surface area (Å²) in [6, 6.07) is 10.9. The summed E-state index contributed by atoms with van der Waals surface area (Å²) in [7, 11) is 0. The lowest BCUT2D eigenvalue weighted by molar-refractivity contribution is -0.136. The van der Waals surface area contributed by atoms with Gasteiger partial charge in [0.25, 0.3) is 5.91 Å². The zero-order valence-electron chi connectivity index (χ0n) is 17.4. The van der Waals surface area contributed by atoms with Crippen molar-refractivity contribution in [3.63, 3.8) is 0 Å². The maximum atomic E-state index is 13.9. The highest BCUT2D eigenvalue weighted by Gasteiger charge is 2.26. The maximum absolute atomic E-state index is 13.9. The van der Waals surface area contributed by atoms with Crippen LogP contribution in [0.5, 0.6) is 11.5 Å². The van der Waals surface area contributed by atoms with Crippen LogP contribution in [0, 0.1) is 11.7 Å². The van der Waals surface area contributed by atoms with E-state index in [0.29, 0.717) is 62.9 Å². The molecule has 9 heteroatoms. The van der Waals surface area contributed by atoms with E-state index in [0.717, 1.165) is 0 Å². The summed E-state index contributed by atoms with van der Waals surface area (Å²) in [5, 5.41) is 5.20. The van der Waals surface area contributed by atoms with Crippen molar-refractivity contribution >= 4 is 23.4 Å². The van der Waals surface area contributed by atoms with Gasteiger partial charge in [0.15, 0.2) is 11.5 Å². The minimum Gasteiger partial charge on any atom is -0.486 e. The molecule has 0 bridgehead atoms. The van der Waals surface area contributed by atoms with E-state index >= 15 is 0 Å². The quantitative estimate of drug-likeness (QED) is 0.709. The van der Waals surface area contributed by atoms with Crippen molar-refractivity contribution in [3.05, 3.63) is 53.8 Å². The number of benzene rings is 2. The number of likely N-dealkylation sites (tertiary alicyclic amines) is 1. The van der Waals surface area contributed by atoms with Gasteiger partial charge in [-0.05, 0) is 43.0 Å². The third-order valence-corrected chi connectivity index (χ3v) is 5.56. The summed E-state index contributed by atoms with van der Waals surface area (Å²) in [5.41, 5.74) is 0.504. The molecule has 0 spiro atoms. The van der Waals surface area contributed by atoms with Gasteiger partial charge >= 0.3 is 11.8 Å². The zero-order valence-corrected chi connectivity index (χ0v) is 17.4. The largest absolute Gasteiger partial charge is 0.486 e. The Balaban J connectivity index is 1.22. The van der Waals surface area contributed by atoms with E-state index in [4.69, 9.17) is 9.47 Å². The van der Waals surface area contributed by atoms with Crippen molar-refractivity contribution in [2.75, 3.05) is 38.2 Å². The van der Waals surface area contributed by atoms with Crippen LogP contribution in [0.4, 0.5) is 10.1 Å². The lowest BCUT2D eigenvalue weighted by Gasteiger charge is -2.32. The number of fused-ring (bicyclic) bond motifs is 1. The second-order valence-corrected chi connectivity index (χ2v) is 7.74. The predicted molar refractivity (Wildman–Crippen MR) is 114 cm³/mol. The molecule has 3 amide bonds. The van der Waals surface area contributed by atoms with Crippen molar-refractivity contribution in [2.45, 2.75) is 12.8 Å². The van der Waals surface area contributed by atoms with Crippen LogP contribution >= 0.6 is 0 Å². The standard InChI is InChI=1S/C23H24FN3O5/c24-18-4-2-1-3-17(18)23(30)27-9-7-15(8-10-27)14-25-21(28)22(29)26-16-5-6-19-20(13-16)32-12-11-31-19/h1-6,13,15H,7-12,14H2,(H,25,28)(H,26,29). The van der Waals surface area contributed by atoms with E-state index in [2.05, 4.69) is 10.6 Å². The molecule has 0 aliphatic carbocycles. The number of anilines is 1. The van der Waals surface area contributed by atoms with Crippen LogP contribution in [0.2, 0.25) is 0 Å². The van der Waals surface area contributed by atoms with Crippen LogP contribution in [0.3, 0.4) is 0 Å². The first kappa shape index (κ1) is 21.6. The Bertz CT molecular complexity index is 1020. The van der Waals surface area contributed by atoms with Crippen molar-refractivity contribution in [1.82, 2.24) is 10.2 Å². The topological polar surface area (TPSA) is 97.0 Å². The number of hydrogen-bond donors (Lipinski definition) is 2. The number of carbonyl (C=O) groups is 3. The first-order valence-electron chi connectivity index (χ1n) is 10.5. The molecule has 2 heterocycles. The monoisotopic (exact) mass is 441 g/mol. The van der Waals surface area contributed by atoms with Gasteiger partial charge in [-0.25, -0.2) is 4.39 Å². The number of nitrogens with zero attached hydrogens (tertiary/aromatic N) is 1. The molecule has 0 aromatic heterocycles. The summed E-state index contributed by atoms with van der Waals surface area (Å²) in [6.45, 7) is 2.16. The molecule has 1 saturated heterocycles. The third kappa shape index (κ3) is 4.99. The van der Waals surface area contributed by atoms with Crippen LogP contribution in [0.15, 0.2) is 42.5 Å². The van der Waals surface area contributed by atoms with Gasteiger partial charge in [-0.2, -0.15) is 0 Å². The second kappa shape index (κ2) is 9.67. The van der Waals surface area contributed by atoms with E-state index in [1.165, 1.54) is 12.1 Å². The maximum Gasteiger partial charge on any atom is 0.313 e. The van der Waals surface area contributed by atoms with Crippen LogP contribution in [-0.2, 0) is 9.59 Å². The molecule has 0 radical (unpaired) electrons. The average Bonchev–Trinajstić information content (AvgIpc) is 2.82. The molecule has 4 rings (SSSR count). The van der Waals surface area contributed by atoms with Gasteiger partial charge < -0.3 is 25.0 Å². The first-order chi connectivity index (χ1) is 15.5.